The highest BCUT2D eigenvalue weighted by atomic mass is 16.5. The zero-order valence-corrected chi connectivity index (χ0v) is 14.1. The largest absolute Gasteiger partial charge is 0.454 e. The SMILES string of the molecule is Cc1nn(-c2ccccc2)c(C)c1C(=O)OCC(=O)c1ccccc1. The van der Waals surface area contributed by atoms with E-state index in [1.54, 1.807) is 35.9 Å². The number of para-hydroxylation sites is 1. The zero-order chi connectivity index (χ0) is 17.8. The maximum absolute atomic E-state index is 12.4. The molecule has 0 radical (unpaired) electrons. The van der Waals surface area contributed by atoms with Crippen molar-refractivity contribution in [3.63, 3.8) is 0 Å². The highest BCUT2D eigenvalue weighted by Crippen LogP contribution is 2.18. The summed E-state index contributed by atoms with van der Waals surface area (Å²) in [6.07, 6.45) is 0. The van der Waals surface area contributed by atoms with E-state index in [2.05, 4.69) is 5.10 Å². The molecule has 0 N–H and O–H groups in total. The molecule has 3 rings (SSSR count). The fraction of sp³-hybridized carbons (Fsp3) is 0.150. The minimum absolute atomic E-state index is 0.236. The molecule has 0 bridgehead atoms. The number of aromatic nitrogens is 2. The lowest BCUT2D eigenvalue weighted by Gasteiger charge is -2.06. The number of carbonyl (C=O) groups is 2. The van der Waals surface area contributed by atoms with Crippen LogP contribution in [0.5, 0.6) is 0 Å². The van der Waals surface area contributed by atoms with E-state index in [1.807, 2.05) is 43.3 Å². The molecule has 0 aliphatic heterocycles. The molecule has 25 heavy (non-hydrogen) atoms. The molecule has 0 atom stereocenters. The van der Waals surface area contributed by atoms with Crippen molar-refractivity contribution in [2.45, 2.75) is 13.8 Å². The zero-order valence-electron chi connectivity index (χ0n) is 14.1. The molecule has 1 heterocycles. The van der Waals surface area contributed by atoms with Gasteiger partial charge in [0.1, 0.15) is 5.56 Å². The predicted octanol–water partition coefficient (Wildman–Crippen LogP) is 3.53. The minimum Gasteiger partial charge on any atom is -0.454 e. The van der Waals surface area contributed by atoms with Crippen molar-refractivity contribution in [2.24, 2.45) is 0 Å². The van der Waals surface area contributed by atoms with E-state index >= 15 is 0 Å². The summed E-state index contributed by atoms with van der Waals surface area (Å²) >= 11 is 0. The topological polar surface area (TPSA) is 61.2 Å². The Balaban J connectivity index is 1.77. The van der Waals surface area contributed by atoms with Crippen LogP contribution in [-0.4, -0.2) is 28.1 Å². The van der Waals surface area contributed by atoms with Crippen molar-refractivity contribution >= 4 is 11.8 Å². The number of hydrogen-bond acceptors (Lipinski definition) is 4. The first-order chi connectivity index (χ1) is 12.1. The van der Waals surface area contributed by atoms with Gasteiger partial charge in [0.2, 0.25) is 0 Å². The molecule has 126 valence electrons. The van der Waals surface area contributed by atoms with Crippen molar-refractivity contribution in [3.05, 3.63) is 83.2 Å². The van der Waals surface area contributed by atoms with Crippen LogP contribution in [0.15, 0.2) is 60.7 Å². The van der Waals surface area contributed by atoms with E-state index in [1.165, 1.54) is 0 Å². The summed E-state index contributed by atoms with van der Waals surface area (Å²) in [6.45, 7) is 3.27. The first kappa shape index (κ1) is 16.6. The highest BCUT2D eigenvalue weighted by molar-refractivity contribution is 5.99. The second-order valence-electron chi connectivity index (χ2n) is 5.66. The van der Waals surface area contributed by atoms with Crippen LogP contribution >= 0.6 is 0 Å². The Labute approximate surface area is 145 Å². The summed E-state index contributed by atoms with van der Waals surface area (Å²) in [4.78, 5) is 24.5. The molecule has 5 heteroatoms. The minimum atomic E-state index is -0.540. The van der Waals surface area contributed by atoms with Crippen LogP contribution < -0.4 is 0 Å². The Morgan fingerprint density at radius 1 is 0.960 bits per heavy atom. The monoisotopic (exact) mass is 334 g/mol. The van der Waals surface area contributed by atoms with Gasteiger partial charge in [0.15, 0.2) is 12.4 Å². The number of hydrogen-bond donors (Lipinski definition) is 0. The van der Waals surface area contributed by atoms with Crippen molar-refractivity contribution < 1.29 is 14.3 Å². The van der Waals surface area contributed by atoms with Crippen LogP contribution in [0.3, 0.4) is 0 Å². The number of aryl methyl sites for hydroxylation is 1. The van der Waals surface area contributed by atoms with Gasteiger partial charge in [-0.25, -0.2) is 9.48 Å². The second-order valence-corrected chi connectivity index (χ2v) is 5.66. The number of ether oxygens (including phenoxy) is 1. The summed E-state index contributed by atoms with van der Waals surface area (Å²) in [5.41, 5.74) is 3.02. The van der Waals surface area contributed by atoms with E-state index < -0.39 is 5.97 Å². The fourth-order valence-electron chi connectivity index (χ4n) is 2.67. The maximum atomic E-state index is 12.4. The molecule has 0 amide bonds. The first-order valence-corrected chi connectivity index (χ1v) is 7.95. The Bertz CT molecular complexity index is 899. The quantitative estimate of drug-likeness (QED) is 0.529. The number of Topliss-reactive ketones (excluding diaryl/α,β-unsaturated/α-hetero) is 1. The normalized spacial score (nSPS) is 10.5. The molecule has 0 unspecified atom stereocenters. The van der Waals surface area contributed by atoms with Gasteiger partial charge < -0.3 is 4.74 Å². The van der Waals surface area contributed by atoms with Crippen molar-refractivity contribution in [1.82, 2.24) is 9.78 Å². The number of ketones is 1. The molecule has 2 aromatic carbocycles. The maximum Gasteiger partial charge on any atom is 0.342 e. The van der Waals surface area contributed by atoms with Crippen LogP contribution in [0.2, 0.25) is 0 Å². The number of carbonyl (C=O) groups excluding carboxylic acids is 2. The van der Waals surface area contributed by atoms with Gasteiger partial charge in [-0.05, 0) is 26.0 Å². The van der Waals surface area contributed by atoms with Gasteiger partial charge >= 0.3 is 5.97 Å². The number of rotatable bonds is 5. The van der Waals surface area contributed by atoms with Gasteiger partial charge in [0.05, 0.1) is 17.1 Å². The number of benzene rings is 2. The van der Waals surface area contributed by atoms with Gasteiger partial charge in [-0.3, -0.25) is 4.79 Å². The van der Waals surface area contributed by atoms with Gasteiger partial charge in [-0.1, -0.05) is 48.5 Å². The molecular weight excluding hydrogens is 316 g/mol. The lowest BCUT2D eigenvalue weighted by molar-refractivity contribution is 0.0473. The van der Waals surface area contributed by atoms with E-state index in [-0.39, 0.29) is 12.4 Å². The van der Waals surface area contributed by atoms with Crippen molar-refractivity contribution in [1.29, 1.82) is 0 Å². The first-order valence-electron chi connectivity index (χ1n) is 7.95. The number of esters is 1. The van der Waals surface area contributed by atoms with E-state index in [0.717, 1.165) is 5.69 Å². The third-order valence-corrected chi connectivity index (χ3v) is 3.93. The smallest absolute Gasteiger partial charge is 0.342 e. The molecule has 0 aliphatic carbocycles. The predicted molar refractivity (Wildman–Crippen MR) is 94.1 cm³/mol. The fourth-order valence-corrected chi connectivity index (χ4v) is 2.67. The Kier molecular flexibility index (Phi) is 4.75. The van der Waals surface area contributed by atoms with Crippen LogP contribution in [0, 0.1) is 13.8 Å². The third kappa shape index (κ3) is 3.50. The lowest BCUT2D eigenvalue weighted by atomic mass is 10.1. The lowest BCUT2D eigenvalue weighted by Crippen LogP contribution is -2.15. The molecular formula is C20H18N2O3. The summed E-state index contributed by atoms with van der Waals surface area (Å²) < 4.78 is 6.91. The summed E-state index contributed by atoms with van der Waals surface area (Å²) in [5, 5.41) is 4.42. The molecule has 0 fully saturated rings. The third-order valence-electron chi connectivity index (χ3n) is 3.93. The van der Waals surface area contributed by atoms with Crippen LogP contribution in [0.25, 0.3) is 5.69 Å². The Hall–Kier alpha value is -3.21. The molecule has 0 saturated heterocycles. The van der Waals surface area contributed by atoms with Crippen LogP contribution in [0.4, 0.5) is 0 Å². The van der Waals surface area contributed by atoms with Crippen LogP contribution in [-0.2, 0) is 4.74 Å². The average Bonchev–Trinajstić information content (AvgIpc) is 2.95. The van der Waals surface area contributed by atoms with E-state index in [4.69, 9.17) is 4.74 Å². The molecule has 0 aliphatic rings. The van der Waals surface area contributed by atoms with Gasteiger partial charge in [0, 0.05) is 5.56 Å². The molecule has 3 aromatic rings. The second kappa shape index (κ2) is 7.13. The van der Waals surface area contributed by atoms with Crippen LogP contribution in [0.1, 0.15) is 32.1 Å². The van der Waals surface area contributed by atoms with Crippen molar-refractivity contribution in [3.8, 4) is 5.69 Å². The Morgan fingerprint density at radius 3 is 2.20 bits per heavy atom. The average molecular weight is 334 g/mol. The van der Waals surface area contributed by atoms with Gasteiger partial charge in [0.25, 0.3) is 0 Å². The molecule has 0 spiro atoms. The highest BCUT2D eigenvalue weighted by Gasteiger charge is 2.21. The Morgan fingerprint density at radius 2 is 1.56 bits per heavy atom. The summed E-state index contributed by atoms with van der Waals surface area (Å²) in [7, 11) is 0. The van der Waals surface area contributed by atoms with Gasteiger partial charge in [-0.15, -0.1) is 0 Å². The van der Waals surface area contributed by atoms with Crippen molar-refractivity contribution in [2.75, 3.05) is 6.61 Å². The van der Waals surface area contributed by atoms with E-state index in [9.17, 15) is 9.59 Å². The van der Waals surface area contributed by atoms with Gasteiger partial charge in [-0.2, -0.15) is 5.10 Å². The molecule has 0 saturated carbocycles. The summed E-state index contributed by atoms with van der Waals surface area (Å²) in [5.74, 6) is -0.777. The standard InChI is InChI=1S/C20H18N2O3/c1-14-19(15(2)22(21-14)17-11-7-4-8-12-17)20(24)25-13-18(23)16-9-5-3-6-10-16/h3-12H,13H2,1-2H3. The summed E-state index contributed by atoms with van der Waals surface area (Å²) in [6, 6.07) is 18.3. The van der Waals surface area contributed by atoms with E-state index in [0.29, 0.717) is 22.5 Å². The number of nitrogens with zero attached hydrogens (tertiary/aromatic N) is 2. The molecule has 5 nitrogen and oxygen atoms in total. The molecule has 1 aromatic heterocycles.